The topological polar surface area (TPSA) is 61.6 Å². The van der Waals surface area contributed by atoms with Crippen LogP contribution >= 0.6 is 23.2 Å². The van der Waals surface area contributed by atoms with Crippen LogP contribution < -0.4 is 4.74 Å². The molecule has 7 heteroatoms. The Hall–Kier alpha value is -2.50. The standard InChI is InChI=1S/C18H13Cl2NO4/c19-13-3-1-12(2-4-13)16-9-21-17(25-16)10-24-18(22)11-23-15-7-5-14(20)6-8-15/h1-9H,10-11H2. The number of hydrogen-bond acceptors (Lipinski definition) is 5. The number of halogens is 2. The Morgan fingerprint density at radius 1 is 1.00 bits per heavy atom. The highest BCUT2D eigenvalue weighted by molar-refractivity contribution is 6.30. The molecule has 0 N–H and O–H groups in total. The molecule has 128 valence electrons. The van der Waals surface area contributed by atoms with Crippen LogP contribution in [0, 0.1) is 0 Å². The van der Waals surface area contributed by atoms with Crippen LogP contribution in [0.15, 0.2) is 59.1 Å². The van der Waals surface area contributed by atoms with E-state index in [1.54, 1.807) is 42.6 Å². The summed E-state index contributed by atoms with van der Waals surface area (Å²) in [5.41, 5.74) is 0.834. The summed E-state index contributed by atoms with van der Waals surface area (Å²) in [6.45, 7) is -0.289. The number of rotatable bonds is 6. The Morgan fingerprint density at radius 3 is 2.32 bits per heavy atom. The van der Waals surface area contributed by atoms with Gasteiger partial charge in [0.1, 0.15) is 5.75 Å². The van der Waals surface area contributed by atoms with Crippen molar-refractivity contribution in [1.82, 2.24) is 4.98 Å². The summed E-state index contributed by atoms with van der Waals surface area (Å²) in [7, 11) is 0. The molecule has 0 spiro atoms. The minimum absolute atomic E-state index is 0.0730. The molecule has 1 heterocycles. The summed E-state index contributed by atoms with van der Waals surface area (Å²) in [6.07, 6.45) is 1.57. The van der Waals surface area contributed by atoms with Crippen LogP contribution in [0.2, 0.25) is 10.0 Å². The smallest absolute Gasteiger partial charge is 0.344 e. The van der Waals surface area contributed by atoms with E-state index in [0.717, 1.165) is 5.56 Å². The van der Waals surface area contributed by atoms with Crippen LogP contribution in [0.3, 0.4) is 0 Å². The largest absolute Gasteiger partial charge is 0.482 e. The predicted octanol–water partition coefficient (Wildman–Crippen LogP) is 4.77. The van der Waals surface area contributed by atoms with E-state index >= 15 is 0 Å². The van der Waals surface area contributed by atoms with Crippen molar-refractivity contribution in [3.8, 4) is 17.1 Å². The number of nitrogens with zero attached hydrogens (tertiary/aromatic N) is 1. The molecule has 3 aromatic rings. The molecule has 0 saturated heterocycles. The third kappa shape index (κ3) is 4.98. The van der Waals surface area contributed by atoms with E-state index < -0.39 is 5.97 Å². The van der Waals surface area contributed by atoms with Gasteiger partial charge in [0.15, 0.2) is 19.0 Å². The third-order valence-electron chi connectivity index (χ3n) is 3.21. The van der Waals surface area contributed by atoms with E-state index in [0.29, 0.717) is 27.4 Å². The molecular weight excluding hydrogens is 365 g/mol. The lowest BCUT2D eigenvalue weighted by molar-refractivity contribution is -0.148. The van der Waals surface area contributed by atoms with Gasteiger partial charge in [-0.15, -0.1) is 0 Å². The highest BCUT2D eigenvalue weighted by atomic mass is 35.5. The quantitative estimate of drug-likeness (QED) is 0.578. The van der Waals surface area contributed by atoms with Gasteiger partial charge in [0.2, 0.25) is 5.89 Å². The van der Waals surface area contributed by atoms with Gasteiger partial charge in [0, 0.05) is 15.6 Å². The summed E-state index contributed by atoms with van der Waals surface area (Å²) < 4.78 is 15.9. The van der Waals surface area contributed by atoms with Gasteiger partial charge in [-0.25, -0.2) is 9.78 Å². The van der Waals surface area contributed by atoms with Gasteiger partial charge in [0.05, 0.1) is 6.20 Å². The molecule has 0 aliphatic rings. The first-order valence-electron chi connectivity index (χ1n) is 7.35. The van der Waals surface area contributed by atoms with Gasteiger partial charge < -0.3 is 13.9 Å². The SMILES string of the molecule is O=C(COc1ccc(Cl)cc1)OCc1ncc(-c2ccc(Cl)cc2)o1. The molecule has 0 saturated carbocycles. The number of ether oxygens (including phenoxy) is 2. The summed E-state index contributed by atoms with van der Waals surface area (Å²) in [5.74, 6) is 0.869. The van der Waals surface area contributed by atoms with Gasteiger partial charge in [0.25, 0.3) is 0 Å². The summed E-state index contributed by atoms with van der Waals surface area (Å²) in [4.78, 5) is 15.8. The Morgan fingerprint density at radius 2 is 1.64 bits per heavy atom. The van der Waals surface area contributed by atoms with Crippen molar-refractivity contribution in [2.75, 3.05) is 6.61 Å². The van der Waals surface area contributed by atoms with Crippen molar-refractivity contribution in [3.63, 3.8) is 0 Å². The molecular formula is C18H13Cl2NO4. The summed E-state index contributed by atoms with van der Waals surface area (Å²) in [6, 6.07) is 13.8. The lowest BCUT2D eigenvalue weighted by Crippen LogP contribution is -2.14. The normalized spacial score (nSPS) is 10.5. The van der Waals surface area contributed by atoms with E-state index in [2.05, 4.69) is 4.98 Å². The first-order chi connectivity index (χ1) is 12.1. The number of benzene rings is 2. The molecule has 2 aromatic carbocycles. The molecule has 0 unspecified atom stereocenters. The predicted molar refractivity (Wildman–Crippen MR) is 93.7 cm³/mol. The number of oxazole rings is 1. The Kier molecular flexibility index (Phi) is 5.58. The molecule has 25 heavy (non-hydrogen) atoms. The van der Waals surface area contributed by atoms with Gasteiger partial charge in [-0.05, 0) is 48.5 Å². The van der Waals surface area contributed by atoms with E-state index in [1.165, 1.54) is 0 Å². The zero-order valence-electron chi connectivity index (χ0n) is 12.9. The monoisotopic (exact) mass is 377 g/mol. The first kappa shape index (κ1) is 17.3. The zero-order chi connectivity index (χ0) is 17.6. The Bertz CT molecular complexity index is 844. The van der Waals surface area contributed by atoms with Crippen LogP contribution in [0.5, 0.6) is 5.75 Å². The molecule has 0 atom stereocenters. The number of aromatic nitrogens is 1. The minimum Gasteiger partial charge on any atom is -0.482 e. The van der Waals surface area contributed by atoms with E-state index in [1.807, 2.05) is 12.1 Å². The van der Waals surface area contributed by atoms with Crippen molar-refractivity contribution < 1.29 is 18.7 Å². The molecule has 0 radical (unpaired) electrons. The molecule has 5 nitrogen and oxygen atoms in total. The Labute approximate surface area is 154 Å². The highest BCUT2D eigenvalue weighted by Crippen LogP contribution is 2.22. The molecule has 0 bridgehead atoms. The fourth-order valence-electron chi connectivity index (χ4n) is 1.98. The second-order valence-corrected chi connectivity index (χ2v) is 5.90. The van der Waals surface area contributed by atoms with E-state index in [4.69, 9.17) is 37.1 Å². The van der Waals surface area contributed by atoms with Crippen LogP contribution in [0.4, 0.5) is 0 Å². The second-order valence-electron chi connectivity index (χ2n) is 5.03. The van der Waals surface area contributed by atoms with Gasteiger partial charge >= 0.3 is 5.97 Å². The number of carbonyl (C=O) groups excluding carboxylic acids is 1. The van der Waals surface area contributed by atoms with E-state index in [-0.39, 0.29) is 13.2 Å². The maximum atomic E-state index is 11.7. The van der Waals surface area contributed by atoms with Gasteiger partial charge in [-0.1, -0.05) is 23.2 Å². The molecule has 0 aliphatic carbocycles. The molecule has 0 fully saturated rings. The van der Waals surface area contributed by atoms with Gasteiger partial charge in [-0.2, -0.15) is 0 Å². The zero-order valence-corrected chi connectivity index (χ0v) is 14.5. The molecule has 0 aliphatic heterocycles. The van der Waals surface area contributed by atoms with Crippen molar-refractivity contribution in [3.05, 3.63) is 70.7 Å². The third-order valence-corrected chi connectivity index (χ3v) is 3.71. The maximum Gasteiger partial charge on any atom is 0.344 e. The minimum atomic E-state index is -0.527. The number of hydrogen-bond donors (Lipinski definition) is 0. The summed E-state index contributed by atoms with van der Waals surface area (Å²) >= 11 is 11.6. The average Bonchev–Trinajstić information content (AvgIpc) is 3.09. The maximum absolute atomic E-state index is 11.7. The lowest BCUT2D eigenvalue weighted by atomic mass is 10.2. The first-order valence-corrected chi connectivity index (χ1v) is 8.10. The average molecular weight is 378 g/mol. The van der Waals surface area contributed by atoms with Crippen molar-refractivity contribution in [2.45, 2.75) is 6.61 Å². The number of esters is 1. The van der Waals surface area contributed by atoms with E-state index in [9.17, 15) is 4.79 Å². The van der Waals surface area contributed by atoms with Crippen LogP contribution in [-0.2, 0) is 16.1 Å². The molecule has 0 amide bonds. The lowest BCUT2D eigenvalue weighted by Gasteiger charge is -2.05. The fourth-order valence-corrected chi connectivity index (χ4v) is 2.23. The summed E-state index contributed by atoms with van der Waals surface area (Å²) in [5, 5.41) is 1.23. The van der Waals surface area contributed by atoms with Crippen LogP contribution in [0.1, 0.15) is 5.89 Å². The molecule has 3 rings (SSSR count). The second kappa shape index (κ2) is 8.05. The van der Waals surface area contributed by atoms with Crippen LogP contribution in [0.25, 0.3) is 11.3 Å². The Balaban J connectivity index is 1.49. The van der Waals surface area contributed by atoms with Crippen molar-refractivity contribution >= 4 is 29.2 Å². The number of carbonyl (C=O) groups is 1. The highest BCUT2D eigenvalue weighted by Gasteiger charge is 2.10. The van der Waals surface area contributed by atoms with Crippen molar-refractivity contribution in [2.24, 2.45) is 0 Å². The van der Waals surface area contributed by atoms with Crippen molar-refractivity contribution in [1.29, 1.82) is 0 Å². The van der Waals surface area contributed by atoms with Gasteiger partial charge in [-0.3, -0.25) is 0 Å². The fraction of sp³-hybridized carbons (Fsp3) is 0.111. The van der Waals surface area contributed by atoms with Crippen LogP contribution in [-0.4, -0.2) is 17.6 Å². The molecule has 1 aromatic heterocycles.